The third-order valence-electron chi connectivity index (χ3n) is 3.26. The molecule has 3 nitrogen and oxygen atoms in total. The predicted molar refractivity (Wildman–Crippen MR) is 62.1 cm³/mol. The lowest BCUT2D eigenvalue weighted by Crippen LogP contribution is -2.03. The van der Waals surface area contributed by atoms with Crippen LogP contribution in [-0.2, 0) is 0 Å². The first-order valence-electron chi connectivity index (χ1n) is 5.56. The number of rotatable bonds is 4. The topological polar surface area (TPSA) is 38.7 Å². The summed E-state index contributed by atoms with van der Waals surface area (Å²) < 4.78 is 10.5. The van der Waals surface area contributed by atoms with Crippen molar-refractivity contribution in [1.82, 2.24) is 0 Å². The highest BCUT2D eigenvalue weighted by Gasteiger charge is 2.41. The first-order valence-corrected chi connectivity index (χ1v) is 5.56. The molecule has 0 radical (unpaired) electrons. The van der Waals surface area contributed by atoms with Gasteiger partial charge < -0.3 is 14.6 Å². The van der Waals surface area contributed by atoms with Gasteiger partial charge >= 0.3 is 0 Å². The highest BCUT2D eigenvalue weighted by Crippen LogP contribution is 2.50. The summed E-state index contributed by atoms with van der Waals surface area (Å²) in [6.07, 6.45) is 0.816. The fourth-order valence-electron chi connectivity index (χ4n) is 2.17. The second-order valence-corrected chi connectivity index (χ2v) is 4.39. The minimum atomic E-state index is -0.234. The summed E-state index contributed by atoms with van der Waals surface area (Å²) in [7, 11) is 3.30. The molecule has 16 heavy (non-hydrogen) atoms. The Balaban J connectivity index is 2.21. The minimum absolute atomic E-state index is 0.234. The predicted octanol–water partition coefficient (Wildman–Crippen LogP) is 2.19. The zero-order valence-corrected chi connectivity index (χ0v) is 9.93. The Kier molecular flexibility index (Phi) is 3.06. The van der Waals surface area contributed by atoms with Crippen LogP contribution < -0.4 is 9.47 Å². The maximum Gasteiger partial charge on any atom is 0.122 e. The van der Waals surface area contributed by atoms with E-state index in [4.69, 9.17) is 9.47 Å². The molecule has 1 aliphatic rings. The summed E-state index contributed by atoms with van der Waals surface area (Å²) in [6, 6.07) is 5.91. The SMILES string of the molecule is COc1cc(OC)cc([C@H]2C[C@@H]2[C@H](C)O)c1. The van der Waals surface area contributed by atoms with E-state index in [0.29, 0.717) is 11.8 Å². The van der Waals surface area contributed by atoms with Crippen molar-refractivity contribution in [2.75, 3.05) is 14.2 Å². The Morgan fingerprint density at radius 1 is 1.19 bits per heavy atom. The number of aliphatic hydroxyl groups is 1. The van der Waals surface area contributed by atoms with Gasteiger partial charge in [0.25, 0.3) is 0 Å². The van der Waals surface area contributed by atoms with Gasteiger partial charge in [0.2, 0.25) is 0 Å². The van der Waals surface area contributed by atoms with Crippen LogP contribution in [0.3, 0.4) is 0 Å². The maximum atomic E-state index is 9.51. The van der Waals surface area contributed by atoms with Crippen LogP contribution in [0.4, 0.5) is 0 Å². The zero-order valence-electron chi connectivity index (χ0n) is 9.93. The molecule has 0 unspecified atom stereocenters. The third kappa shape index (κ3) is 2.14. The lowest BCUT2D eigenvalue weighted by atomic mass is 10.1. The van der Waals surface area contributed by atoms with Crippen molar-refractivity contribution >= 4 is 0 Å². The Hall–Kier alpha value is -1.22. The molecular formula is C13H18O3. The summed E-state index contributed by atoms with van der Waals surface area (Å²) in [5, 5.41) is 9.51. The molecule has 1 aromatic rings. The van der Waals surface area contributed by atoms with Crippen molar-refractivity contribution in [3.63, 3.8) is 0 Å². The van der Waals surface area contributed by atoms with E-state index in [9.17, 15) is 5.11 Å². The van der Waals surface area contributed by atoms with E-state index in [1.165, 1.54) is 5.56 Å². The normalized spacial score (nSPS) is 25.0. The van der Waals surface area contributed by atoms with E-state index in [0.717, 1.165) is 17.9 Å². The van der Waals surface area contributed by atoms with Crippen molar-refractivity contribution in [1.29, 1.82) is 0 Å². The number of benzene rings is 1. The molecule has 2 rings (SSSR count). The molecule has 1 aliphatic carbocycles. The first kappa shape index (κ1) is 11.3. The molecule has 1 N–H and O–H groups in total. The third-order valence-corrected chi connectivity index (χ3v) is 3.26. The summed E-state index contributed by atoms with van der Waals surface area (Å²) in [4.78, 5) is 0. The molecule has 1 fully saturated rings. The van der Waals surface area contributed by atoms with Crippen LogP contribution in [0.15, 0.2) is 18.2 Å². The molecule has 3 atom stereocenters. The Morgan fingerprint density at radius 2 is 1.75 bits per heavy atom. The average molecular weight is 222 g/mol. The average Bonchev–Trinajstić information content (AvgIpc) is 3.08. The second kappa shape index (κ2) is 4.34. The molecule has 3 heteroatoms. The lowest BCUT2D eigenvalue weighted by molar-refractivity contribution is 0.169. The molecule has 0 spiro atoms. The van der Waals surface area contributed by atoms with Gasteiger partial charge in [-0.05, 0) is 42.9 Å². The van der Waals surface area contributed by atoms with E-state index in [1.807, 2.05) is 25.1 Å². The van der Waals surface area contributed by atoms with E-state index in [1.54, 1.807) is 14.2 Å². The smallest absolute Gasteiger partial charge is 0.122 e. The van der Waals surface area contributed by atoms with Gasteiger partial charge in [0.15, 0.2) is 0 Å². The van der Waals surface area contributed by atoms with Crippen LogP contribution in [0.5, 0.6) is 11.5 Å². The summed E-state index contributed by atoms with van der Waals surface area (Å²) in [6.45, 7) is 1.85. The molecule has 0 aromatic heterocycles. The van der Waals surface area contributed by atoms with Crippen molar-refractivity contribution in [2.24, 2.45) is 5.92 Å². The van der Waals surface area contributed by atoms with Gasteiger partial charge in [0, 0.05) is 6.07 Å². The van der Waals surface area contributed by atoms with Crippen LogP contribution in [0.1, 0.15) is 24.8 Å². The van der Waals surface area contributed by atoms with Crippen molar-refractivity contribution in [3.8, 4) is 11.5 Å². The van der Waals surface area contributed by atoms with E-state index in [-0.39, 0.29) is 6.10 Å². The van der Waals surface area contributed by atoms with Gasteiger partial charge in [-0.2, -0.15) is 0 Å². The molecule has 0 heterocycles. The molecule has 0 aliphatic heterocycles. The number of aliphatic hydroxyl groups excluding tert-OH is 1. The number of hydrogen-bond acceptors (Lipinski definition) is 3. The molecule has 0 bridgehead atoms. The largest absolute Gasteiger partial charge is 0.497 e. The van der Waals surface area contributed by atoms with Gasteiger partial charge in [-0.25, -0.2) is 0 Å². The molecular weight excluding hydrogens is 204 g/mol. The number of methoxy groups -OCH3 is 2. The summed E-state index contributed by atoms with van der Waals surface area (Å²) in [5.74, 6) is 2.46. The van der Waals surface area contributed by atoms with Crippen molar-refractivity contribution < 1.29 is 14.6 Å². The number of hydrogen-bond donors (Lipinski definition) is 1. The van der Waals surface area contributed by atoms with Gasteiger partial charge in [-0.3, -0.25) is 0 Å². The molecule has 1 saturated carbocycles. The summed E-state index contributed by atoms with van der Waals surface area (Å²) >= 11 is 0. The van der Waals surface area contributed by atoms with Crippen molar-refractivity contribution in [2.45, 2.75) is 25.4 Å². The Morgan fingerprint density at radius 3 is 2.12 bits per heavy atom. The zero-order chi connectivity index (χ0) is 11.7. The fourth-order valence-corrected chi connectivity index (χ4v) is 2.17. The van der Waals surface area contributed by atoms with Crippen LogP contribution in [0.25, 0.3) is 0 Å². The second-order valence-electron chi connectivity index (χ2n) is 4.39. The van der Waals surface area contributed by atoms with E-state index >= 15 is 0 Å². The monoisotopic (exact) mass is 222 g/mol. The van der Waals surface area contributed by atoms with Gasteiger partial charge in [0.05, 0.1) is 20.3 Å². The van der Waals surface area contributed by atoms with Crippen LogP contribution >= 0.6 is 0 Å². The van der Waals surface area contributed by atoms with Gasteiger partial charge in [-0.1, -0.05) is 0 Å². The first-order chi connectivity index (χ1) is 7.65. The fraction of sp³-hybridized carbons (Fsp3) is 0.538. The van der Waals surface area contributed by atoms with Crippen LogP contribution in [0.2, 0.25) is 0 Å². The molecule has 88 valence electrons. The van der Waals surface area contributed by atoms with Crippen molar-refractivity contribution in [3.05, 3.63) is 23.8 Å². The van der Waals surface area contributed by atoms with Crippen LogP contribution in [0, 0.1) is 5.92 Å². The Labute approximate surface area is 96.0 Å². The van der Waals surface area contributed by atoms with Crippen LogP contribution in [-0.4, -0.2) is 25.4 Å². The summed E-state index contributed by atoms with van der Waals surface area (Å²) in [5.41, 5.74) is 1.20. The highest BCUT2D eigenvalue weighted by molar-refractivity contribution is 5.42. The van der Waals surface area contributed by atoms with Gasteiger partial charge in [-0.15, -0.1) is 0 Å². The Bertz CT molecular complexity index is 351. The quantitative estimate of drug-likeness (QED) is 0.848. The highest BCUT2D eigenvalue weighted by atomic mass is 16.5. The standard InChI is InChI=1S/C13H18O3/c1-8(14)12-7-13(12)9-4-10(15-2)6-11(5-9)16-3/h4-6,8,12-14H,7H2,1-3H3/t8-,12+,13+/m0/s1. The molecule has 0 saturated heterocycles. The lowest BCUT2D eigenvalue weighted by Gasteiger charge is -2.09. The molecule has 1 aromatic carbocycles. The van der Waals surface area contributed by atoms with Gasteiger partial charge in [0.1, 0.15) is 11.5 Å². The minimum Gasteiger partial charge on any atom is -0.497 e. The number of ether oxygens (including phenoxy) is 2. The molecule has 0 amide bonds. The van der Waals surface area contributed by atoms with E-state index < -0.39 is 0 Å². The van der Waals surface area contributed by atoms with E-state index in [2.05, 4.69) is 0 Å². The maximum absolute atomic E-state index is 9.51.